The number of nitrogens with one attached hydrogen (secondary N) is 2. The summed E-state index contributed by atoms with van der Waals surface area (Å²) in [6.07, 6.45) is 2.01. The number of carbonyl (C=O) groups excluding carboxylic acids is 1. The number of thiocarbonyl (C=S) groups is 1. The number of amides is 1. The summed E-state index contributed by atoms with van der Waals surface area (Å²) in [5.74, 6) is 0.0413. The second kappa shape index (κ2) is 11.5. The van der Waals surface area contributed by atoms with Gasteiger partial charge in [0.05, 0.1) is 23.5 Å². The molecule has 0 unspecified atom stereocenters. The molecule has 1 aliphatic rings. The molecule has 1 fully saturated rings. The largest absolute Gasteiger partial charge is 0.506 e. The van der Waals surface area contributed by atoms with E-state index < -0.39 is 0 Å². The van der Waals surface area contributed by atoms with Gasteiger partial charge in [-0.1, -0.05) is 54.1 Å². The lowest BCUT2D eigenvalue weighted by atomic mass is 9.96. The summed E-state index contributed by atoms with van der Waals surface area (Å²) in [6.45, 7) is 4.42. The van der Waals surface area contributed by atoms with Crippen molar-refractivity contribution in [3.63, 3.8) is 0 Å². The first-order valence-electron chi connectivity index (χ1n) is 13.7. The van der Waals surface area contributed by atoms with Crippen LogP contribution < -0.4 is 10.6 Å². The topological polar surface area (TPSA) is 82.4 Å². The van der Waals surface area contributed by atoms with Gasteiger partial charge in [-0.15, -0.1) is 0 Å². The Morgan fingerprint density at radius 1 is 1.05 bits per heavy atom. The molecule has 3 aromatic carbocycles. The number of nitrogens with zero attached hydrogens (tertiary/aromatic N) is 3. The highest BCUT2D eigenvalue weighted by atomic mass is 35.5. The van der Waals surface area contributed by atoms with Crippen molar-refractivity contribution in [3.8, 4) is 11.4 Å². The summed E-state index contributed by atoms with van der Waals surface area (Å²) >= 11 is 12.2. The summed E-state index contributed by atoms with van der Waals surface area (Å²) in [6, 6.07) is 26.3. The fourth-order valence-corrected chi connectivity index (χ4v) is 6.39. The molecule has 0 saturated carbocycles. The molecule has 212 valence electrons. The molecule has 2 aromatic heterocycles. The van der Waals surface area contributed by atoms with Crippen molar-refractivity contribution in [1.82, 2.24) is 19.8 Å². The maximum atomic E-state index is 13.2. The summed E-state index contributed by atoms with van der Waals surface area (Å²) < 4.78 is 2.00. The van der Waals surface area contributed by atoms with E-state index in [0.717, 1.165) is 39.1 Å². The number of aromatic nitrogens is 2. The number of benzene rings is 3. The van der Waals surface area contributed by atoms with E-state index in [9.17, 15) is 9.90 Å². The number of rotatable bonds is 7. The van der Waals surface area contributed by atoms with Gasteiger partial charge >= 0.3 is 0 Å². The number of aromatic hydroxyl groups is 1. The number of halogens is 1. The molecule has 7 nitrogen and oxygen atoms in total. The van der Waals surface area contributed by atoms with Gasteiger partial charge in [-0.25, -0.2) is 0 Å². The second-order valence-corrected chi connectivity index (χ2v) is 11.3. The average molecular weight is 596 g/mol. The molecule has 3 heterocycles. The summed E-state index contributed by atoms with van der Waals surface area (Å²) in [7, 11) is 0. The third kappa shape index (κ3) is 5.19. The maximum absolute atomic E-state index is 13.2. The molecule has 3 N–H and O–H groups in total. The highest BCUT2D eigenvalue weighted by molar-refractivity contribution is 7.80. The lowest BCUT2D eigenvalue weighted by Crippen LogP contribution is -2.33. The van der Waals surface area contributed by atoms with E-state index in [1.807, 2.05) is 79.1 Å². The maximum Gasteiger partial charge on any atom is 0.226 e. The monoisotopic (exact) mass is 595 g/mol. The molecule has 1 saturated heterocycles. The van der Waals surface area contributed by atoms with Crippen LogP contribution in [0.5, 0.6) is 5.75 Å². The third-order valence-electron chi connectivity index (χ3n) is 7.81. The highest BCUT2D eigenvalue weighted by Crippen LogP contribution is 2.42. The summed E-state index contributed by atoms with van der Waals surface area (Å²) in [4.78, 5) is 19.9. The summed E-state index contributed by atoms with van der Waals surface area (Å²) in [5, 5.41) is 20.4. The van der Waals surface area contributed by atoms with Crippen molar-refractivity contribution in [1.29, 1.82) is 0 Å². The minimum Gasteiger partial charge on any atom is -0.506 e. The number of phenols is 1. The molecule has 0 bridgehead atoms. The van der Waals surface area contributed by atoms with Crippen LogP contribution in [0.1, 0.15) is 41.1 Å². The van der Waals surface area contributed by atoms with E-state index in [-0.39, 0.29) is 30.2 Å². The Morgan fingerprint density at radius 3 is 2.64 bits per heavy atom. The van der Waals surface area contributed by atoms with E-state index in [4.69, 9.17) is 23.8 Å². The van der Waals surface area contributed by atoms with Gasteiger partial charge in [-0.05, 0) is 79.5 Å². The van der Waals surface area contributed by atoms with Crippen molar-refractivity contribution in [3.05, 3.63) is 119 Å². The molecule has 6 rings (SSSR count). The van der Waals surface area contributed by atoms with Crippen LogP contribution in [0.15, 0.2) is 91.1 Å². The molecule has 0 aliphatic carbocycles. The van der Waals surface area contributed by atoms with Gasteiger partial charge in [-0.3, -0.25) is 9.78 Å². The number of carbonyl (C=O) groups is 1. The van der Waals surface area contributed by atoms with Crippen LogP contribution >= 0.6 is 23.8 Å². The van der Waals surface area contributed by atoms with Gasteiger partial charge in [-0.2, -0.15) is 0 Å². The quantitative estimate of drug-likeness (QED) is 0.176. The lowest BCUT2D eigenvalue weighted by Gasteiger charge is -2.28. The SMILES string of the molecule is Cc1cc([C@H]2[C@@H](c3ccccn3)NC(=S)N2CCC(=O)Nc2cccc3ccccc23)c(C)n1-c1cc(Cl)ccc1O. The fourth-order valence-electron chi connectivity index (χ4n) is 5.89. The van der Waals surface area contributed by atoms with Gasteiger partial charge < -0.3 is 25.2 Å². The molecule has 0 radical (unpaired) electrons. The first kappa shape index (κ1) is 27.8. The standard InChI is InChI=1S/C33H30ClN5O2S/c1-20-18-25(21(2)39(20)28-19-23(34)13-14-29(28)40)32-31(27-11-5-6-16-35-27)37-33(42)38(32)17-15-30(41)36-26-12-7-9-22-8-3-4-10-24(22)26/h3-14,16,18-19,31-32,40H,15,17H2,1-2H3,(H,36,41)(H,37,42)/t31-,32+/m1/s1. The predicted octanol–water partition coefficient (Wildman–Crippen LogP) is 7.00. The van der Waals surface area contributed by atoms with Crippen LogP contribution in [0, 0.1) is 13.8 Å². The molecule has 5 aromatic rings. The first-order chi connectivity index (χ1) is 20.3. The van der Waals surface area contributed by atoms with Crippen LogP contribution in [-0.2, 0) is 4.79 Å². The number of pyridine rings is 1. The molecular formula is C33H30ClN5O2S. The van der Waals surface area contributed by atoms with Crippen molar-refractivity contribution < 1.29 is 9.90 Å². The van der Waals surface area contributed by atoms with E-state index in [0.29, 0.717) is 22.4 Å². The molecule has 1 amide bonds. The molecule has 1 aliphatic heterocycles. The molecule has 0 spiro atoms. The van der Waals surface area contributed by atoms with E-state index >= 15 is 0 Å². The lowest BCUT2D eigenvalue weighted by molar-refractivity contribution is -0.116. The van der Waals surface area contributed by atoms with Gasteiger partial charge in [0, 0.05) is 46.6 Å². The molecule has 9 heteroatoms. The summed E-state index contributed by atoms with van der Waals surface area (Å²) in [5.41, 5.74) is 5.13. The van der Waals surface area contributed by atoms with Crippen molar-refractivity contribution in [2.75, 3.05) is 11.9 Å². The zero-order valence-electron chi connectivity index (χ0n) is 23.2. The second-order valence-electron chi connectivity index (χ2n) is 10.4. The predicted molar refractivity (Wildman–Crippen MR) is 171 cm³/mol. The van der Waals surface area contributed by atoms with Crippen molar-refractivity contribution in [2.45, 2.75) is 32.4 Å². The first-order valence-corrected chi connectivity index (χ1v) is 14.5. The Bertz CT molecular complexity index is 1800. The molecule has 2 atom stereocenters. The minimum absolute atomic E-state index is 0.0940. The van der Waals surface area contributed by atoms with Gasteiger partial charge in [0.1, 0.15) is 5.75 Å². The van der Waals surface area contributed by atoms with E-state index in [1.54, 1.807) is 24.4 Å². The van der Waals surface area contributed by atoms with E-state index in [1.165, 1.54) is 0 Å². The minimum atomic E-state index is -0.237. The molecule has 42 heavy (non-hydrogen) atoms. The number of anilines is 1. The van der Waals surface area contributed by atoms with Gasteiger partial charge in [0.15, 0.2) is 5.11 Å². The Hall–Kier alpha value is -4.40. The zero-order valence-corrected chi connectivity index (χ0v) is 24.8. The number of aryl methyl sites for hydroxylation is 1. The van der Waals surface area contributed by atoms with Gasteiger partial charge in [0.25, 0.3) is 0 Å². The Morgan fingerprint density at radius 2 is 1.83 bits per heavy atom. The van der Waals surface area contributed by atoms with Gasteiger partial charge in [0.2, 0.25) is 5.91 Å². The van der Waals surface area contributed by atoms with Crippen LogP contribution in [0.4, 0.5) is 5.69 Å². The molecular weight excluding hydrogens is 566 g/mol. The Labute approximate surface area is 254 Å². The average Bonchev–Trinajstić information content (AvgIpc) is 3.47. The number of hydrogen-bond donors (Lipinski definition) is 3. The van der Waals surface area contributed by atoms with Crippen molar-refractivity contribution in [2.24, 2.45) is 0 Å². The van der Waals surface area contributed by atoms with Crippen molar-refractivity contribution >= 4 is 51.3 Å². The van der Waals surface area contributed by atoms with Crippen LogP contribution in [0.2, 0.25) is 5.02 Å². The third-order valence-corrected chi connectivity index (χ3v) is 8.40. The fraction of sp³-hybridized carbons (Fsp3) is 0.182. The normalized spacial score (nSPS) is 16.5. The van der Waals surface area contributed by atoms with E-state index in [2.05, 4.69) is 26.6 Å². The van der Waals surface area contributed by atoms with Crippen LogP contribution in [-0.4, -0.2) is 37.1 Å². The number of fused-ring (bicyclic) bond motifs is 1. The smallest absolute Gasteiger partial charge is 0.226 e. The Kier molecular flexibility index (Phi) is 7.58. The van der Waals surface area contributed by atoms with Crippen LogP contribution in [0.3, 0.4) is 0 Å². The van der Waals surface area contributed by atoms with Crippen LogP contribution in [0.25, 0.3) is 16.5 Å². The number of phenolic OH excluding ortho intramolecular Hbond substituents is 1. The Balaban J connectivity index is 1.33. The zero-order chi connectivity index (χ0) is 29.4. The highest BCUT2D eigenvalue weighted by Gasteiger charge is 2.41. The number of hydrogen-bond acceptors (Lipinski definition) is 4.